The highest BCUT2D eigenvalue weighted by molar-refractivity contribution is 7.99. The molecule has 0 aliphatic carbocycles. The van der Waals surface area contributed by atoms with Crippen LogP contribution < -0.4 is 0 Å². The van der Waals surface area contributed by atoms with Crippen molar-refractivity contribution in [1.82, 2.24) is 19.6 Å². The summed E-state index contributed by atoms with van der Waals surface area (Å²) < 4.78 is 1.85. The van der Waals surface area contributed by atoms with Gasteiger partial charge >= 0.3 is 0 Å². The van der Waals surface area contributed by atoms with Crippen molar-refractivity contribution in [3.63, 3.8) is 0 Å². The van der Waals surface area contributed by atoms with Gasteiger partial charge in [0, 0.05) is 38.3 Å². The third-order valence-electron chi connectivity index (χ3n) is 4.55. The predicted molar refractivity (Wildman–Crippen MR) is 103 cm³/mol. The minimum atomic E-state index is 0.182. The number of nitrogens with zero attached hydrogens (tertiary/aromatic N) is 4. The van der Waals surface area contributed by atoms with E-state index in [1.165, 1.54) is 25.9 Å². The van der Waals surface area contributed by atoms with Gasteiger partial charge in [0.25, 0.3) is 0 Å². The molecule has 0 radical (unpaired) electrons. The highest BCUT2D eigenvalue weighted by atomic mass is 32.2. The van der Waals surface area contributed by atoms with Gasteiger partial charge in [0.05, 0.1) is 11.4 Å². The molecule has 2 aromatic rings. The van der Waals surface area contributed by atoms with E-state index in [1.54, 1.807) is 18.0 Å². The Hall–Kier alpha value is -1.79. The molecule has 1 saturated heterocycles. The molecule has 0 unspecified atom stereocenters. The van der Waals surface area contributed by atoms with Crippen LogP contribution in [-0.2, 0) is 11.3 Å². The van der Waals surface area contributed by atoms with Gasteiger partial charge in [0.1, 0.15) is 0 Å². The second kappa shape index (κ2) is 9.06. The second-order valence-corrected chi connectivity index (χ2v) is 7.54. The number of aromatic nitrogens is 2. The summed E-state index contributed by atoms with van der Waals surface area (Å²) in [5, 5.41) is 4.30. The number of hydrogen-bond acceptors (Lipinski definition) is 4. The van der Waals surface area contributed by atoms with Crippen LogP contribution in [0.5, 0.6) is 0 Å². The highest BCUT2D eigenvalue weighted by Gasteiger charge is 2.14. The van der Waals surface area contributed by atoms with Gasteiger partial charge in [-0.2, -0.15) is 16.9 Å². The quantitative estimate of drug-likeness (QED) is 0.681. The van der Waals surface area contributed by atoms with Gasteiger partial charge in [0.15, 0.2) is 0 Å². The van der Waals surface area contributed by atoms with Crippen LogP contribution >= 0.6 is 11.8 Å². The first-order chi connectivity index (χ1) is 12.2. The van der Waals surface area contributed by atoms with Gasteiger partial charge in [-0.05, 0) is 43.6 Å². The second-order valence-electron chi connectivity index (χ2n) is 6.43. The molecule has 0 saturated carbocycles. The Morgan fingerprint density at radius 3 is 2.80 bits per heavy atom. The average molecular weight is 359 g/mol. The van der Waals surface area contributed by atoms with Crippen LogP contribution in [0.3, 0.4) is 0 Å². The van der Waals surface area contributed by atoms with Crippen molar-refractivity contribution in [2.45, 2.75) is 19.4 Å². The van der Waals surface area contributed by atoms with Crippen LogP contribution in [0.15, 0.2) is 42.7 Å². The first-order valence-electron chi connectivity index (χ1n) is 8.86. The van der Waals surface area contributed by atoms with E-state index in [9.17, 15) is 4.79 Å². The summed E-state index contributed by atoms with van der Waals surface area (Å²) in [5.74, 6) is 1.76. The SMILES string of the molecule is CN(Cc1ccccc1-n1cccn1)C(=O)CSCCN1CCCC1. The first-order valence-corrected chi connectivity index (χ1v) is 10.0. The number of carbonyl (C=O) groups is 1. The summed E-state index contributed by atoms with van der Waals surface area (Å²) >= 11 is 1.74. The monoisotopic (exact) mass is 358 g/mol. The molecule has 0 N–H and O–H groups in total. The molecule has 0 bridgehead atoms. The van der Waals surface area contributed by atoms with Crippen molar-refractivity contribution in [2.75, 3.05) is 38.2 Å². The van der Waals surface area contributed by atoms with Crippen LogP contribution in [0.25, 0.3) is 5.69 Å². The van der Waals surface area contributed by atoms with E-state index in [0.29, 0.717) is 12.3 Å². The Kier molecular flexibility index (Phi) is 6.53. The van der Waals surface area contributed by atoms with E-state index in [0.717, 1.165) is 23.5 Å². The Morgan fingerprint density at radius 1 is 1.24 bits per heavy atom. The zero-order valence-corrected chi connectivity index (χ0v) is 15.6. The van der Waals surface area contributed by atoms with Gasteiger partial charge in [-0.3, -0.25) is 4.79 Å². The Bertz CT molecular complexity index is 668. The first kappa shape index (κ1) is 18.0. The van der Waals surface area contributed by atoms with E-state index >= 15 is 0 Å². The topological polar surface area (TPSA) is 41.4 Å². The van der Waals surface area contributed by atoms with Crippen molar-refractivity contribution in [3.05, 3.63) is 48.3 Å². The van der Waals surface area contributed by atoms with Crippen LogP contribution in [-0.4, -0.2) is 63.7 Å². The van der Waals surface area contributed by atoms with E-state index < -0.39 is 0 Å². The lowest BCUT2D eigenvalue weighted by molar-refractivity contribution is -0.127. The molecule has 1 aliphatic rings. The zero-order chi connectivity index (χ0) is 17.5. The van der Waals surface area contributed by atoms with Gasteiger partial charge in [-0.1, -0.05) is 18.2 Å². The number of likely N-dealkylation sites (tertiary alicyclic amines) is 1. The summed E-state index contributed by atoms with van der Waals surface area (Å²) in [6, 6.07) is 10.00. The van der Waals surface area contributed by atoms with Crippen LogP contribution in [0.4, 0.5) is 0 Å². The molecule has 0 atom stereocenters. The maximum atomic E-state index is 12.4. The fraction of sp³-hybridized carbons (Fsp3) is 0.474. The van der Waals surface area contributed by atoms with Crippen molar-refractivity contribution in [3.8, 4) is 5.69 Å². The van der Waals surface area contributed by atoms with Gasteiger partial charge in [0.2, 0.25) is 5.91 Å². The molecule has 0 spiro atoms. The van der Waals surface area contributed by atoms with Gasteiger partial charge < -0.3 is 9.80 Å². The number of para-hydroxylation sites is 1. The Morgan fingerprint density at radius 2 is 2.04 bits per heavy atom. The molecular weight excluding hydrogens is 332 g/mol. The van der Waals surface area contributed by atoms with Crippen LogP contribution in [0, 0.1) is 0 Å². The maximum Gasteiger partial charge on any atom is 0.232 e. The summed E-state index contributed by atoms with van der Waals surface area (Å²) in [7, 11) is 1.88. The smallest absolute Gasteiger partial charge is 0.232 e. The molecule has 5 nitrogen and oxygen atoms in total. The summed E-state index contributed by atoms with van der Waals surface area (Å²) in [6.45, 7) is 4.14. The third-order valence-corrected chi connectivity index (χ3v) is 5.47. The van der Waals surface area contributed by atoms with E-state index in [-0.39, 0.29) is 5.91 Å². The minimum Gasteiger partial charge on any atom is -0.341 e. The number of amides is 1. The predicted octanol–water partition coefficient (Wildman–Crippen LogP) is 2.66. The molecule has 1 fully saturated rings. The number of rotatable bonds is 8. The number of benzene rings is 1. The lowest BCUT2D eigenvalue weighted by atomic mass is 10.1. The van der Waals surface area contributed by atoms with Crippen molar-refractivity contribution in [2.24, 2.45) is 0 Å². The lowest BCUT2D eigenvalue weighted by Crippen LogP contribution is -2.29. The summed E-state index contributed by atoms with van der Waals surface area (Å²) in [4.78, 5) is 16.7. The standard InChI is InChI=1S/C19H26N4OS/c1-21(19(24)16-25-14-13-22-10-4-5-11-22)15-17-7-2-3-8-18(17)23-12-6-9-20-23/h2-3,6-9,12H,4-5,10-11,13-16H2,1H3. The van der Waals surface area contributed by atoms with Crippen LogP contribution in [0.1, 0.15) is 18.4 Å². The van der Waals surface area contributed by atoms with E-state index in [2.05, 4.69) is 16.1 Å². The molecule has 134 valence electrons. The van der Waals surface area contributed by atoms with Gasteiger partial charge in [-0.25, -0.2) is 4.68 Å². The molecular formula is C19H26N4OS. The highest BCUT2D eigenvalue weighted by Crippen LogP contribution is 2.16. The zero-order valence-electron chi connectivity index (χ0n) is 14.8. The maximum absolute atomic E-state index is 12.4. The number of hydrogen-bond donors (Lipinski definition) is 0. The fourth-order valence-electron chi connectivity index (χ4n) is 3.09. The molecule has 1 amide bonds. The molecule has 1 aliphatic heterocycles. The molecule has 1 aromatic heterocycles. The molecule has 6 heteroatoms. The summed E-state index contributed by atoms with van der Waals surface area (Å²) in [5.41, 5.74) is 2.12. The minimum absolute atomic E-state index is 0.182. The Labute approximate surface area is 154 Å². The molecule has 1 aromatic carbocycles. The van der Waals surface area contributed by atoms with E-state index in [4.69, 9.17) is 0 Å². The Balaban J connectivity index is 1.48. The third kappa shape index (κ3) is 5.09. The largest absolute Gasteiger partial charge is 0.341 e. The summed E-state index contributed by atoms with van der Waals surface area (Å²) in [6.07, 6.45) is 6.33. The molecule has 2 heterocycles. The fourth-order valence-corrected chi connectivity index (χ4v) is 4.02. The van der Waals surface area contributed by atoms with Crippen molar-refractivity contribution >= 4 is 17.7 Å². The van der Waals surface area contributed by atoms with E-state index in [1.807, 2.05) is 47.1 Å². The van der Waals surface area contributed by atoms with Crippen LogP contribution in [0.2, 0.25) is 0 Å². The number of thioether (sulfide) groups is 1. The van der Waals surface area contributed by atoms with Crippen molar-refractivity contribution in [1.29, 1.82) is 0 Å². The lowest BCUT2D eigenvalue weighted by Gasteiger charge is -2.19. The normalized spacial score (nSPS) is 14.8. The van der Waals surface area contributed by atoms with Gasteiger partial charge in [-0.15, -0.1) is 0 Å². The average Bonchev–Trinajstić information content (AvgIpc) is 3.32. The molecule has 3 rings (SSSR count). The van der Waals surface area contributed by atoms with Crippen molar-refractivity contribution < 1.29 is 4.79 Å². The molecule has 25 heavy (non-hydrogen) atoms. The number of carbonyl (C=O) groups excluding carboxylic acids is 1.